The number of carbonyl (C=O) groups is 3. The quantitative estimate of drug-likeness (QED) is 0.467. The van der Waals surface area contributed by atoms with Gasteiger partial charge in [0.15, 0.2) is 0 Å². The second-order valence-corrected chi connectivity index (χ2v) is 7.41. The van der Waals surface area contributed by atoms with Crippen LogP contribution < -0.4 is 16.4 Å². The monoisotopic (exact) mass is 409 g/mol. The van der Waals surface area contributed by atoms with Crippen LogP contribution in [0.3, 0.4) is 0 Å². The van der Waals surface area contributed by atoms with E-state index in [-0.39, 0.29) is 18.4 Å². The molecule has 0 radical (unpaired) electrons. The van der Waals surface area contributed by atoms with E-state index in [2.05, 4.69) is 10.6 Å². The Balaban J connectivity index is 2.17. The Morgan fingerprint density at radius 3 is 2.03 bits per heavy atom. The highest BCUT2D eigenvalue weighted by molar-refractivity contribution is 5.85. The van der Waals surface area contributed by atoms with E-state index in [0.29, 0.717) is 25.5 Å². The van der Waals surface area contributed by atoms with Gasteiger partial charge in [0, 0.05) is 6.04 Å². The van der Waals surface area contributed by atoms with Crippen LogP contribution >= 0.6 is 0 Å². The van der Waals surface area contributed by atoms with Gasteiger partial charge in [-0.25, -0.2) is 0 Å². The highest BCUT2D eigenvalue weighted by Crippen LogP contribution is 2.17. The Bertz CT molecular complexity index is 796. The van der Waals surface area contributed by atoms with Crippen LogP contribution in [-0.4, -0.2) is 36.7 Å². The summed E-state index contributed by atoms with van der Waals surface area (Å²) in [4.78, 5) is 36.3. The molecule has 3 atom stereocenters. The van der Waals surface area contributed by atoms with Crippen molar-refractivity contribution in [1.82, 2.24) is 10.6 Å². The molecule has 0 saturated carbocycles. The number of aldehydes is 1. The Morgan fingerprint density at radius 1 is 0.933 bits per heavy atom. The number of hydrogen-bond acceptors (Lipinski definition) is 4. The van der Waals surface area contributed by atoms with Crippen LogP contribution in [0.1, 0.15) is 30.9 Å². The average molecular weight is 410 g/mol. The van der Waals surface area contributed by atoms with Crippen molar-refractivity contribution >= 4 is 18.1 Å². The van der Waals surface area contributed by atoms with Gasteiger partial charge in [-0.2, -0.15) is 0 Å². The van der Waals surface area contributed by atoms with E-state index in [9.17, 15) is 14.4 Å². The van der Waals surface area contributed by atoms with Crippen molar-refractivity contribution in [3.05, 3.63) is 71.8 Å². The molecule has 0 aliphatic carbocycles. The first-order valence-electron chi connectivity index (χ1n) is 10.4. The van der Waals surface area contributed by atoms with E-state index in [4.69, 9.17) is 5.73 Å². The van der Waals surface area contributed by atoms with Crippen LogP contribution in [0.5, 0.6) is 0 Å². The molecule has 4 N–H and O–H groups in total. The zero-order valence-electron chi connectivity index (χ0n) is 17.4. The van der Waals surface area contributed by atoms with Crippen molar-refractivity contribution in [3.63, 3.8) is 0 Å². The third-order valence-electron chi connectivity index (χ3n) is 5.04. The largest absolute Gasteiger partial charge is 0.351 e. The molecule has 0 spiro atoms. The van der Waals surface area contributed by atoms with Gasteiger partial charge >= 0.3 is 0 Å². The first-order valence-corrected chi connectivity index (χ1v) is 10.4. The molecule has 2 aromatic rings. The highest BCUT2D eigenvalue weighted by atomic mass is 16.2. The number of nitrogens with one attached hydrogen (secondary N) is 2. The molecule has 0 aliphatic heterocycles. The van der Waals surface area contributed by atoms with E-state index in [1.807, 2.05) is 67.6 Å². The molecule has 6 heteroatoms. The van der Waals surface area contributed by atoms with E-state index < -0.39 is 18.0 Å². The van der Waals surface area contributed by atoms with Crippen LogP contribution in [0.4, 0.5) is 0 Å². The van der Waals surface area contributed by atoms with Gasteiger partial charge in [-0.1, -0.05) is 74.0 Å². The lowest BCUT2D eigenvalue weighted by molar-refractivity contribution is -0.128. The van der Waals surface area contributed by atoms with Crippen LogP contribution in [0.15, 0.2) is 60.7 Å². The van der Waals surface area contributed by atoms with Crippen molar-refractivity contribution in [2.75, 3.05) is 6.54 Å². The topological polar surface area (TPSA) is 101 Å². The maximum Gasteiger partial charge on any atom is 0.237 e. The van der Waals surface area contributed by atoms with Gasteiger partial charge < -0.3 is 21.2 Å². The number of hydrogen-bond donors (Lipinski definition) is 3. The Morgan fingerprint density at radius 2 is 1.50 bits per heavy atom. The Labute approximate surface area is 178 Å². The molecule has 0 aromatic heterocycles. The lowest BCUT2D eigenvalue weighted by atomic mass is 9.88. The van der Waals surface area contributed by atoms with Gasteiger partial charge in [0.05, 0.1) is 18.5 Å². The molecule has 2 unspecified atom stereocenters. The van der Waals surface area contributed by atoms with E-state index in [0.717, 1.165) is 17.5 Å². The van der Waals surface area contributed by atoms with Crippen LogP contribution in [0, 0.1) is 5.92 Å². The third kappa shape index (κ3) is 7.44. The molecule has 0 heterocycles. The first-order chi connectivity index (χ1) is 14.5. The van der Waals surface area contributed by atoms with Crippen molar-refractivity contribution < 1.29 is 14.4 Å². The number of carbonyl (C=O) groups excluding carboxylic acids is 3. The van der Waals surface area contributed by atoms with Gasteiger partial charge in [-0.05, 0) is 30.4 Å². The summed E-state index contributed by atoms with van der Waals surface area (Å²) in [6, 6.07) is 18.2. The molecule has 2 rings (SSSR count). The molecule has 30 heavy (non-hydrogen) atoms. The van der Waals surface area contributed by atoms with Gasteiger partial charge in [0.2, 0.25) is 11.8 Å². The second-order valence-electron chi connectivity index (χ2n) is 7.41. The maximum atomic E-state index is 12.9. The van der Waals surface area contributed by atoms with Crippen LogP contribution in [0.25, 0.3) is 0 Å². The Kier molecular flexibility index (Phi) is 9.74. The number of nitrogens with two attached hydrogens (primary N) is 1. The van der Waals surface area contributed by atoms with Gasteiger partial charge in [0.25, 0.3) is 0 Å². The first kappa shape index (κ1) is 23.3. The lowest BCUT2D eigenvalue weighted by Gasteiger charge is -2.28. The summed E-state index contributed by atoms with van der Waals surface area (Å²) < 4.78 is 0. The fourth-order valence-corrected chi connectivity index (χ4v) is 3.51. The minimum atomic E-state index is -0.717. The van der Waals surface area contributed by atoms with Crippen LogP contribution in [0.2, 0.25) is 0 Å². The van der Waals surface area contributed by atoms with Gasteiger partial charge in [-0.3, -0.25) is 9.59 Å². The molecule has 0 saturated heterocycles. The minimum absolute atomic E-state index is 0.0431. The summed E-state index contributed by atoms with van der Waals surface area (Å²) in [5, 5.41) is 5.65. The van der Waals surface area contributed by atoms with Crippen molar-refractivity contribution in [1.29, 1.82) is 0 Å². The summed E-state index contributed by atoms with van der Waals surface area (Å²) in [6.07, 6.45) is 2.94. The standard InChI is InChI=1S/C24H31N3O3/c1-2-9-20(23(29)26-14-15-28)22(17-19-12-7-4-8-13-19)27-24(30)21(25)16-18-10-5-3-6-11-18/h3-8,10-13,15,20-22H,2,9,14,16-17,25H2,1H3,(H,26,29)(H,27,30)/t20?,21?,22-/m1/s1. The molecular formula is C24H31N3O3. The van der Waals surface area contributed by atoms with Gasteiger partial charge in [-0.15, -0.1) is 0 Å². The smallest absolute Gasteiger partial charge is 0.237 e. The number of rotatable bonds is 12. The minimum Gasteiger partial charge on any atom is -0.351 e. The summed E-state index contributed by atoms with van der Waals surface area (Å²) in [6.45, 7) is 1.95. The average Bonchev–Trinajstić information content (AvgIpc) is 2.76. The molecule has 160 valence electrons. The molecule has 2 amide bonds. The van der Waals surface area contributed by atoms with E-state index in [1.165, 1.54) is 0 Å². The van der Waals surface area contributed by atoms with E-state index in [1.54, 1.807) is 0 Å². The normalized spacial score (nSPS) is 13.7. The Hall–Kier alpha value is -2.99. The summed E-state index contributed by atoms with van der Waals surface area (Å²) in [7, 11) is 0. The number of amides is 2. The molecule has 0 fully saturated rings. The van der Waals surface area contributed by atoms with Crippen molar-refractivity contribution in [2.24, 2.45) is 11.7 Å². The summed E-state index contributed by atoms with van der Waals surface area (Å²) >= 11 is 0. The number of benzene rings is 2. The zero-order chi connectivity index (χ0) is 21.8. The molecule has 6 nitrogen and oxygen atoms in total. The summed E-state index contributed by atoms with van der Waals surface area (Å²) in [5.41, 5.74) is 8.16. The van der Waals surface area contributed by atoms with Crippen molar-refractivity contribution in [2.45, 2.75) is 44.7 Å². The maximum absolute atomic E-state index is 12.9. The molecule has 0 bridgehead atoms. The predicted octanol–water partition coefficient (Wildman–Crippen LogP) is 2.02. The SMILES string of the molecule is CCCC(C(=O)NCC=O)[C@@H](Cc1ccccc1)NC(=O)C(N)Cc1ccccc1. The molecule has 2 aromatic carbocycles. The van der Waals surface area contributed by atoms with Gasteiger partial charge in [0.1, 0.15) is 6.29 Å². The lowest BCUT2D eigenvalue weighted by Crippen LogP contribution is -2.52. The third-order valence-corrected chi connectivity index (χ3v) is 5.04. The second kappa shape index (κ2) is 12.5. The molecule has 0 aliphatic rings. The van der Waals surface area contributed by atoms with E-state index >= 15 is 0 Å². The predicted molar refractivity (Wildman–Crippen MR) is 118 cm³/mol. The highest BCUT2D eigenvalue weighted by Gasteiger charge is 2.30. The molecular weight excluding hydrogens is 378 g/mol. The van der Waals surface area contributed by atoms with Crippen LogP contribution in [-0.2, 0) is 27.2 Å². The summed E-state index contributed by atoms with van der Waals surface area (Å²) in [5.74, 6) is -0.978. The fraction of sp³-hybridized carbons (Fsp3) is 0.375. The zero-order valence-corrected chi connectivity index (χ0v) is 17.4. The fourth-order valence-electron chi connectivity index (χ4n) is 3.51. The van der Waals surface area contributed by atoms with Crippen molar-refractivity contribution in [3.8, 4) is 0 Å².